The van der Waals surface area contributed by atoms with Crippen LogP contribution < -0.4 is 11.1 Å². The lowest BCUT2D eigenvalue weighted by Gasteiger charge is -2.09. The van der Waals surface area contributed by atoms with Gasteiger partial charge in [0, 0.05) is 0 Å². The molecule has 21 heavy (non-hydrogen) atoms. The summed E-state index contributed by atoms with van der Waals surface area (Å²) in [7, 11) is 0. The van der Waals surface area contributed by atoms with Gasteiger partial charge in [-0.05, 0) is 24.6 Å². The molecule has 0 aliphatic carbocycles. The van der Waals surface area contributed by atoms with Crippen LogP contribution in [-0.4, -0.2) is 15.5 Å². The SMILES string of the molecule is Cc1ccc(NC(=O)Cn2cnc(C#N)c2C#N)c(N)c1. The van der Waals surface area contributed by atoms with Gasteiger partial charge in [-0.15, -0.1) is 0 Å². The van der Waals surface area contributed by atoms with Gasteiger partial charge in [-0.3, -0.25) is 4.79 Å². The Labute approximate surface area is 121 Å². The van der Waals surface area contributed by atoms with Crippen LogP contribution in [0.15, 0.2) is 24.5 Å². The number of imidazole rings is 1. The third-order valence-electron chi connectivity index (χ3n) is 2.84. The number of amides is 1. The Morgan fingerprint density at radius 3 is 2.81 bits per heavy atom. The zero-order chi connectivity index (χ0) is 15.4. The van der Waals surface area contributed by atoms with E-state index in [4.69, 9.17) is 16.3 Å². The molecule has 104 valence electrons. The average Bonchev–Trinajstić information content (AvgIpc) is 2.83. The van der Waals surface area contributed by atoms with Gasteiger partial charge in [0.1, 0.15) is 18.7 Å². The van der Waals surface area contributed by atoms with E-state index in [-0.39, 0.29) is 23.8 Å². The quantitative estimate of drug-likeness (QED) is 0.817. The molecule has 0 atom stereocenters. The Balaban J connectivity index is 2.14. The van der Waals surface area contributed by atoms with E-state index in [0.29, 0.717) is 11.4 Å². The number of nitriles is 2. The zero-order valence-corrected chi connectivity index (χ0v) is 11.3. The largest absolute Gasteiger partial charge is 0.397 e. The molecular weight excluding hydrogens is 268 g/mol. The highest BCUT2D eigenvalue weighted by Gasteiger charge is 2.13. The van der Waals surface area contributed by atoms with Crippen molar-refractivity contribution in [1.82, 2.24) is 9.55 Å². The van der Waals surface area contributed by atoms with Crippen LogP contribution in [0.1, 0.15) is 17.0 Å². The molecule has 7 nitrogen and oxygen atoms in total. The Kier molecular flexibility index (Phi) is 3.87. The molecule has 1 heterocycles. The Morgan fingerprint density at radius 2 is 2.19 bits per heavy atom. The van der Waals surface area contributed by atoms with E-state index in [1.54, 1.807) is 18.2 Å². The molecule has 2 aromatic rings. The second-order valence-corrected chi connectivity index (χ2v) is 4.43. The van der Waals surface area contributed by atoms with Gasteiger partial charge < -0.3 is 15.6 Å². The van der Waals surface area contributed by atoms with E-state index < -0.39 is 0 Å². The van der Waals surface area contributed by atoms with E-state index in [1.807, 2.05) is 19.1 Å². The molecule has 0 bridgehead atoms. The number of nitrogens with zero attached hydrogens (tertiary/aromatic N) is 4. The van der Waals surface area contributed by atoms with Crippen LogP contribution in [0, 0.1) is 29.6 Å². The van der Waals surface area contributed by atoms with Gasteiger partial charge in [0.15, 0.2) is 11.4 Å². The Hall–Kier alpha value is -3.32. The van der Waals surface area contributed by atoms with E-state index >= 15 is 0 Å². The van der Waals surface area contributed by atoms with Crippen LogP contribution in [-0.2, 0) is 11.3 Å². The number of aromatic nitrogens is 2. The summed E-state index contributed by atoms with van der Waals surface area (Å²) in [5.74, 6) is -0.357. The molecule has 0 fully saturated rings. The van der Waals surface area contributed by atoms with Crippen molar-refractivity contribution in [2.75, 3.05) is 11.1 Å². The molecule has 7 heteroatoms. The minimum absolute atomic E-state index is 0.000139. The molecule has 1 aromatic heterocycles. The predicted octanol–water partition coefficient (Wildman–Crippen LogP) is 1.16. The van der Waals surface area contributed by atoms with Crippen molar-refractivity contribution in [1.29, 1.82) is 10.5 Å². The third kappa shape index (κ3) is 2.99. The number of hydrogen-bond donors (Lipinski definition) is 2. The van der Waals surface area contributed by atoms with E-state index in [0.717, 1.165) is 5.56 Å². The number of rotatable bonds is 3. The van der Waals surface area contributed by atoms with Crippen LogP contribution in [0.3, 0.4) is 0 Å². The van der Waals surface area contributed by atoms with Crippen molar-refractivity contribution in [3.63, 3.8) is 0 Å². The lowest BCUT2D eigenvalue weighted by Crippen LogP contribution is -2.20. The summed E-state index contributed by atoms with van der Waals surface area (Å²) >= 11 is 0. The van der Waals surface area contributed by atoms with Gasteiger partial charge in [-0.1, -0.05) is 6.07 Å². The molecular formula is C14H12N6O. The van der Waals surface area contributed by atoms with Crippen LogP contribution >= 0.6 is 0 Å². The maximum Gasteiger partial charge on any atom is 0.244 e. The predicted molar refractivity (Wildman–Crippen MR) is 75.9 cm³/mol. The molecule has 0 aliphatic heterocycles. The topological polar surface area (TPSA) is 121 Å². The highest BCUT2D eigenvalue weighted by atomic mass is 16.1. The van der Waals surface area contributed by atoms with Crippen molar-refractivity contribution in [3.05, 3.63) is 41.5 Å². The highest BCUT2D eigenvalue weighted by molar-refractivity contribution is 5.93. The summed E-state index contributed by atoms with van der Waals surface area (Å²) in [4.78, 5) is 15.7. The van der Waals surface area contributed by atoms with Gasteiger partial charge in [0.05, 0.1) is 17.7 Å². The summed E-state index contributed by atoms with van der Waals surface area (Å²) in [5.41, 5.74) is 7.84. The number of nitrogens with two attached hydrogens (primary N) is 1. The summed E-state index contributed by atoms with van der Waals surface area (Å²) in [6.07, 6.45) is 1.29. The molecule has 0 radical (unpaired) electrons. The van der Waals surface area contributed by atoms with E-state index in [2.05, 4.69) is 10.3 Å². The first-order valence-electron chi connectivity index (χ1n) is 6.06. The second-order valence-electron chi connectivity index (χ2n) is 4.43. The molecule has 0 aliphatic rings. The van der Waals surface area contributed by atoms with Crippen molar-refractivity contribution < 1.29 is 4.79 Å². The van der Waals surface area contributed by atoms with Gasteiger partial charge in [0.2, 0.25) is 5.91 Å². The van der Waals surface area contributed by atoms with Gasteiger partial charge in [0.25, 0.3) is 0 Å². The van der Waals surface area contributed by atoms with Crippen LogP contribution in [0.5, 0.6) is 0 Å². The van der Waals surface area contributed by atoms with Crippen LogP contribution in [0.4, 0.5) is 11.4 Å². The van der Waals surface area contributed by atoms with Crippen LogP contribution in [0.25, 0.3) is 0 Å². The van der Waals surface area contributed by atoms with E-state index in [9.17, 15) is 4.79 Å². The maximum absolute atomic E-state index is 12.0. The zero-order valence-electron chi connectivity index (χ0n) is 11.3. The Morgan fingerprint density at radius 1 is 1.43 bits per heavy atom. The normalized spacial score (nSPS) is 9.67. The molecule has 0 saturated heterocycles. The van der Waals surface area contributed by atoms with E-state index in [1.165, 1.54) is 10.9 Å². The van der Waals surface area contributed by atoms with Crippen molar-refractivity contribution in [2.24, 2.45) is 0 Å². The summed E-state index contributed by atoms with van der Waals surface area (Å²) < 4.78 is 1.32. The smallest absolute Gasteiger partial charge is 0.244 e. The first-order chi connectivity index (χ1) is 10.0. The number of anilines is 2. The number of benzene rings is 1. The number of hydrogen-bond acceptors (Lipinski definition) is 5. The summed E-state index contributed by atoms with van der Waals surface area (Å²) in [6, 6.07) is 8.95. The maximum atomic E-state index is 12.0. The van der Waals surface area contributed by atoms with Crippen molar-refractivity contribution in [2.45, 2.75) is 13.5 Å². The lowest BCUT2D eigenvalue weighted by atomic mass is 10.2. The molecule has 0 unspecified atom stereocenters. The van der Waals surface area contributed by atoms with Gasteiger partial charge in [-0.2, -0.15) is 10.5 Å². The fraction of sp³-hybridized carbons (Fsp3) is 0.143. The standard InChI is InChI=1S/C14H12N6O/c1-9-2-3-11(10(17)4-9)19-14(21)7-20-8-18-12(5-15)13(20)6-16/h2-4,8H,7,17H2,1H3,(H,19,21). The van der Waals surface area contributed by atoms with Crippen molar-refractivity contribution in [3.8, 4) is 12.1 Å². The fourth-order valence-electron chi connectivity index (χ4n) is 1.84. The molecule has 0 spiro atoms. The second kappa shape index (κ2) is 5.76. The molecule has 2 rings (SSSR count). The first-order valence-corrected chi connectivity index (χ1v) is 6.06. The number of carbonyl (C=O) groups excluding carboxylic acids is 1. The minimum atomic E-state index is -0.357. The van der Waals surface area contributed by atoms with Gasteiger partial charge in [-0.25, -0.2) is 4.98 Å². The molecule has 1 aromatic carbocycles. The number of nitrogen functional groups attached to an aromatic ring is 1. The minimum Gasteiger partial charge on any atom is -0.397 e. The molecule has 3 N–H and O–H groups in total. The van der Waals surface area contributed by atoms with Crippen LogP contribution in [0.2, 0.25) is 0 Å². The lowest BCUT2D eigenvalue weighted by molar-refractivity contribution is -0.116. The number of aryl methyl sites for hydroxylation is 1. The number of carbonyl (C=O) groups is 1. The Bertz CT molecular complexity index is 778. The monoisotopic (exact) mass is 280 g/mol. The average molecular weight is 280 g/mol. The highest BCUT2D eigenvalue weighted by Crippen LogP contribution is 2.19. The first kappa shape index (κ1) is 14.1. The molecule has 1 amide bonds. The van der Waals surface area contributed by atoms with Crippen molar-refractivity contribution >= 4 is 17.3 Å². The van der Waals surface area contributed by atoms with Gasteiger partial charge >= 0.3 is 0 Å². The summed E-state index contributed by atoms with van der Waals surface area (Å²) in [6.45, 7) is 1.78. The third-order valence-corrected chi connectivity index (χ3v) is 2.84. The molecule has 0 saturated carbocycles. The summed E-state index contributed by atoms with van der Waals surface area (Å²) in [5, 5.41) is 20.4. The fourth-order valence-corrected chi connectivity index (χ4v) is 1.84. The number of nitrogens with one attached hydrogen (secondary N) is 1.